The van der Waals surface area contributed by atoms with Crippen LogP contribution in [0.4, 0.5) is 10.8 Å². The SMILES string of the molecule is CC(C)(C)CC(=O)Nc1cccc(SCC(=O)Nc2nc(-c3ccc(Cl)cc3Cl)cs2)c1. The summed E-state index contributed by atoms with van der Waals surface area (Å²) in [5.74, 6) is 0.0220. The van der Waals surface area contributed by atoms with E-state index in [0.29, 0.717) is 33.0 Å². The van der Waals surface area contributed by atoms with Crippen molar-refractivity contribution in [2.45, 2.75) is 32.1 Å². The maximum atomic E-state index is 12.4. The van der Waals surface area contributed by atoms with Gasteiger partial charge in [-0.3, -0.25) is 9.59 Å². The molecule has 2 N–H and O–H groups in total. The summed E-state index contributed by atoms with van der Waals surface area (Å²) in [4.78, 5) is 29.9. The van der Waals surface area contributed by atoms with E-state index in [-0.39, 0.29) is 23.0 Å². The monoisotopic (exact) mass is 507 g/mol. The van der Waals surface area contributed by atoms with Crippen LogP contribution in [0.1, 0.15) is 27.2 Å². The zero-order valence-corrected chi connectivity index (χ0v) is 21.0. The largest absolute Gasteiger partial charge is 0.326 e. The quantitative estimate of drug-likeness (QED) is 0.331. The Morgan fingerprint density at radius 2 is 1.84 bits per heavy atom. The van der Waals surface area contributed by atoms with Gasteiger partial charge in [-0.2, -0.15) is 0 Å². The van der Waals surface area contributed by atoms with Gasteiger partial charge in [-0.15, -0.1) is 23.1 Å². The van der Waals surface area contributed by atoms with Crippen molar-refractivity contribution in [1.29, 1.82) is 0 Å². The van der Waals surface area contributed by atoms with Gasteiger partial charge in [0.15, 0.2) is 5.13 Å². The maximum Gasteiger partial charge on any atom is 0.236 e. The van der Waals surface area contributed by atoms with Gasteiger partial charge >= 0.3 is 0 Å². The first-order chi connectivity index (χ1) is 15.1. The molecule has 0 unspecified atom stereocenters. The van der Waals surface area contributed by atoms with Crippen molar-refractivity contribution in [2.75, 3.05) is 16.4 Å². The Hall–Kier alpha value is -2.06. The lowest BCUT2D eigenvalue weighted by molar-refractivity contribution is -0.118. The van der Waals surface area contributed by atoms with Crippen LogP contribution in [0.3, 0.4) is 0 Å². The summed E-state index contributed by atoms with van der Waals surface area (Å²) < 4.78 is 0. The smallest absolute Gasteiger partial charge is 0.236 e. The lowest BCUT2D eigenvalue weighted by atomic mass is 9.92. The summed E-state index contributed by atoms with van der Waals surface area (Å²) in [6.45, 7) is 6.06. The van der Waals surface area contributed by atoms with Crippen molar-refractivity contribution in [3.05, 3.63) is 57.9 Å². The minimum atomic E-state index is -0.166. The third kappa shape index (κ3) is 7.52. The van der Waals surface area contributed by atoms with Crippen molar-refractivity contribution in [1.82, 2.24) is 4.98 Å². The molecule has 5 nitrogen and oxygen atoms in total. The summed E-state index contributed by atoms with van der Waals surface area (Å²) in [6, 6.07) is 12.7. The topological polar surface area (TPSA) is 71.1 Å². The van der Waals surface area contributed by atoms with Crippen molar-refractivity contribution < 1.29 is 9.59 Å². The van der Waals surface area contributed by atoms with E-state index < -0.39 is 0 Å². The van der Waals surface area contributed by atoms with E-state index in [2.05, 4.69) is 15.6 Å². The Labute approximate surface area is 205 Å². The third-order valence-electron chi connectivity index (χ3n) is 4.14. The van der Waals surface area contributed by atoms with Crippen LogP contribution in [0.15, 0.2) is 52.7 Å². The molecule has 2 aromatic carbocycles. The van der Waals surface area contributed by atoms with Gasteiger partial charge in [-0.1, -0.05) is 50.0 Å². The van der Waals surface area contributed by atoms with Crippen LogP contribution >= 0.6 is 46.3 Å². The number of hydrogen-bond acceptors (Lipinski definition) is 5. The van der Waals surface area contributed by atoms with Crippen molar-refractivity contribution in [3.8, 4) is 11.3 Å². The van der Waals surface area contributed by atoms with Crippen LogP contribution in [0.2, 0.25) is 10.0 Å². The average molecular weight is 508 g/mol. The van der Waals surface area contributed by atoms with Crippen LogP contribution in [0, 0.1) is 5.41 Å². The maximum absolute atomic E-state index is 12.4. The molecule has 0 fully saturated rings. The zero-order valence-electron chi connectivity index (χ0n) is 17.9. The van der Waals surface area contributed by atoms with Gasteiger partial charge in [-0.25, -0.2) is 4.98 Å². The highest BCUT2D eigenvalue weighted by atomic mass is 35.5. The molecule has 0 radical (unpaired) electrons. The number of thiazole rings is 1. The van der Waals surface area contributed by atoms with Crippen LogP contribution in [-0.2, 0) is 9.59 Å². The van der Waals surface area contributed by atoms with Gasteiger partial charge in [0.2, 0.25) is 11.8 Å². The first kappa shape index (κ1) is 24.6. The fraction of sp³-hybridized carbons (Fsp3) is 0.261. The molecule has 3 aromatic rings. The summed E-state index contributed by atoms with van der Waals surface area (Å²) >= 11 is 14.9. The molecule has 0 aliphatic heterocycles. The predicted molar refractivity (Wildman–Crippen MR) is 136 cm³/mol. The van der Waals surface area contributed by atoms with Crippen LogP contribution in [0.25, 0.3) is 11.3 Å². The minimum absolute atomic E-state index is 0.0299. The van der Waals surface area contributed by atoms with E-state index in [4.69, 9.17) is 23.2 Å². The van der Waals surface area contributed by atoms with Crippen molar-refractivity contribution in [3.63, 3.8) is 0 Å². The number of rotatable bonds is 7. The molecule has 0 aliphatic rings. The van der Waals surface area contributed by atoms with E-state index in [1.54, 1.807) is 18.2 Å². The van der Waals surface area contributed by atoms with E-state index in [1.165, 1.54) is 23.1 Å². The molecule has 0 aliphatic carbocycles. The molecule has 168 valence electrons. The fourth-order valence-corrected chi connectivity index (χ4v) is 4.79. The van der Waals surface area contributed by atoms with Crippen molar-refractivity contribution in [2.24, 2.45) is 5.41 Å². The molecule has 0 spiro atoms. The van der Waals surface area contributed by atoms with E-state index in [0.717, 1.165) is 10.5 Å². The second-order valence-electron chi connectivity index (χ2n) is 8.31. The van der Waals surface area contributed by atoms with Crippen LogP contribution in [-0.4, -0.2) is 22.6 Å². The number of nitrogens with zero attached hydrogens (tertiary/aromatic N) is 1. The zero-order chi connectivity index (χ0) is 23.3. The number of halogens is 2. The standard InChI is InChI=1S/C23H23Cl2N3O2S2/c1-23(2,3)11-20(29)26-15-5-4-6-16(10-15)31-13-21(30)28-22-27-19(12-32-22)17-8-7-14(24)9-18(17)25/h4-10,12H,11,13H2,1-3H3,(H,26,29)(H,27,28,30). The number of carbonyl (C=O) groups is 2. The summed E-state index contributed by atoms with van der Waals surface area (Å²) in [5, 5.41) is 9.12. The van der Waals surface area contributed by atoms with Gasteiger partial charge in [0.25, 0.3) is 0 Å². The molecule has 3 rings (SSSR count). The second-order valence-corrected chi connectivity index (χ2v) is 11.1. The van der Waals surface area contributed by atoms with Gasteiger partial charge in [0.05, 0.1) is 16.5 Å². The molecule has 9 heteroatoms. The minimum Gasteiger partial charge on any atom is -0.326 e. The van der Waals surface area contributed by atoms with Gasteiger partial charge in [0.1, 0.15) is 0 Å². The molecular formula is C23H23Cl2N3O2S2. The first-order valence-corrected chi connectivity index (χ1v) is 12.4. The molecule has 0 bridgehead atoms. The van der Waals surface area contributed by atoms with Crippen LogP contribution < -0.4 is 10.6 Å². The van der Waals surface area contributed by atoms with Gasteiger partial charge < -0.3 is 10.6 Å². The Morgan fingerprint density at radius 3 is 2.56 bits per heavy atom. The molecule has 0 atom stereocenters. The molecular weight excluding hydrogens is 485 g/mol. The lowest BCUT2D eigenvalue weighted by Crippen LogP contribution is -2.19. The molecule has 2 amide bonds. The number of amides is 2. The Morgan fingerprint density at radius 1 is 1.06 bits per heavy atom. The van der Waals surface area contributed by atoms with E-state index >= 15 is 0 Å². The molecule has 32 heavy (non-hydrogen) atoms. The third-order valence-corrected chi connectivity index (χ3v) is 6.44. The average Bonchev–Trinajstić information content (AvgIpc) is 3.13. The number of aromatic nitrogens is 1. The highest BCUT2D eigenvalue weighted by Gasteiger charge is 2.16. The molecule has 0 saturated heterocycles. The summed E-state index contributed by atoms with van der Waals surface area (Å²) in [7, 11) is 0. The number of hydrogen-bond donors (Lipinski definition) is 2. The number of thioether (sulfide) groups is 1. The number of anilines is 2. The number of nitrogens with one attached hydrogen (secondary N) is 2. The Balaban J connectivity index is 1.54. The lowest BCUT2D eigenvalue weighted by Gasteiger charge is -2.17. The fourth-order valence-electron chi connectivity index (χ4n) is 2.81. The van der Waals surface area contributed by atoms with Crippen molar-refractivity contribution >= 4 is 68.9 Å². The Bertz CT molecular complexity index is 1130. The summed E-state index contributed by atoms with van der Waals surface area (Å²) in [6.07, 6.45) is 0.434. The number of benzene rings is 2. The van der Waals surface area contributed by atoms with Gasteiger partial charge in [0, 0.05) is 33.0 Å². The number of carbonyl (C=O) groups excluding carboxylic acids is 2. The van der Waals surface area contributed by atoms with E-state index in [9.17, 15) is 9.59 Å². The molecule has 0 saturated carbocycles. The van der Waals surface area contributed by atoms with Gasteiger partial charge in [-0.05, 0) is 41.8 Å². The Kier molecular flexibility index (Phi) is 8.22. The van der Waals surface area contributed by atoms with Crippen LogP contribution in [0.5, 0.6) is 0 Å². The summed E-state index contributed by atoms with van der Waals surface area (Å²) in [5.41, 5.74) is 2.07. The highest BCUT2D eigenvalue weighted by molar-refractivity contribution is 8.00. The highest BCUT2D eigenvalue weighted by Crippen LogP contribution is 2.32. The molecule has 1 heterocycles. The van der Waals surface area contributed by atoms with E-state index in [1.807, 2.05) is 50.4 Å². The first-order valence-electron chi connectivity index (χ1n) is 9.82. The normalized spacial score (nSPS) is 11.3. The predicted octanol–water partition coefficient (Wildman–Crippen LogP) is 7.22. The second kappa shape index (κ2) is 10.7. The molecule has 1 aromatic heterocycles.